The van der Waals surface area contributed by atoms with E-state index in [4.69, 9.17) is 0 Å². The van der Waals surface area contributed by atoms with E-state index in [1.165, 1.54) is 17.0 Å². The molecule has 1 aliphatic rings. The van der Waals surface area contributed by atoms with Crippen LogP contribution in [0.1, 0.15) is 11.1 Å². The van der Waals surface area contributed by atoms with E-state index in [0.29, 0.717) is 24.3 Å². The first-order valence-corrected chi connectivity index (χ1v) is 10.1. The molecule has 0 atom stereocenters. The number of carbonyl (C=O) groups excluding carboxylic acids is 3. The van der Waals surface area contributed by atoms with E-state index < -0.39 is 23.7 Å². The summed E-state index contributed by atoms with van der Waals surface area (Å²) in [7, 11) is 0. The van der Waals surface area contributed by atoms with Crippen molar-refractivity contribution in [1.82, 2.24) is 4.90 Å². The lowest BCUT2D eigenvalue weighted by molar-refractivity contribution is -0.143. The van der Waals surface area contributed by atoms with Crippen molar-refractivity contribution in [2.75, 3.05) is 22.5 Å². The molecule has 162 valence electrons. The van der Waals surface area contributed by atoms with Crippen LogP contribution in [-0.2, 0) is 22.6 Å². The number of amides is 4. The van der Waals surface area contributed by atoms with E-state index in [-0.39, 0.29) is 12.2 Å². The fraction of sp³-hybridized carbons (Fsp3) is 0.125. The number of nitrogens with zero attached hydrogens (tertiary/aromatic N) is 1. The summed E-state index contributed by atoms with van der Waals surface area (Å²) in [5, 5.41) is 7.84. The molecule has 1 aliphatic heterocycles. The summed E-state index contributed by atoms with van der Waals surface area (Å²) in [5.41, 5.74) is 2.92. The number of fused-ring (bicyclic) bond motifs is 1. The third-order valence-corrected chi connectivity index (χ3v) is 5.15. The van der Waals surface area contributed by atoms with Crippen molar-refractivity contribution in [2.45, 2.75) is 13.0 Å². The molecule has 7 nitrogen and oxygen atoms in total. The zero-order chi connectivity index (χ0) is 22.5. The number of carbonyl (C=O) groups is 3. The molecule has 0 unspecified atom stereocenters. The lowest BCUT2D eigenvalue weighted by Crippen LogP contribution is -2.42. The smallest absolute Gasteiger partial charge is 0.323 e. The zero-order valence-electron chi connectivity index (χ0n) is 17.1. The van der Waals surface area contributed by atoms with Gasteiger partial charge in [-0.1, -0.05) is 42.5 Å². The van der Waals surface area contributed by atoms with Crippen LogP contribution in [0.3, 0.4) is 0 Å². The number of hydrogen-bond acceptors (Lipinski definition) is 3. The molecular weight excluding hydrogens is 411 g/mol. The van der Waals surface area contributed by atoms with Gasteiger partial charge in [0.15, 0.2) is 0 Å². The molecule has 0 aliphatic carbocycles. The molecule has 4 rings (SSSR count). The van der Waals surface area contributed by atoms with E-state index in [1.54, 1.807) is 48.5 Å². The van der Waals surface area contributed by atoms with E-state index in [0.717, 1.165) is 11.1 Å². The molecule has 3 aromatic rings. The fourth-order valence-corrected chi connectivity index (χ4v) is 3.59. The van der Waals surface area contributed by atoms with Crippen LogP contribution in [-0.4, -0.2) is 29.3 Å². The highest BCUT2D eigenvalue weighted by molar-refractivity contribution is 6.39. The molecule has 3 N–H and O–H groups in total. The molecule has 0 aromatic heterocycles. The molecule has 0 fully saturated rings. The maximum absolute atomic E-state index is 13.8. The molecule has 4 amide bonds. The minimum Gasteiger partial charge on any atom is -0.330 e. The molecule has 0 saturated heterocycles. The van der Waals surface area contributed by atoms with Crippen LogP contribution in [0.15, 0.2) is 72.8 Å². The van der Waals surface area contributed by atoms with Crippen LogP contribution in [0.2, 0.25) is 0 Å². The lowest BCUT2D eigenvalue weighted by atomic mass is 9.97. The second-order valence-corrected chi connectivity index (χ2v) is 7.30. The van der Waals surface area contributed by atoms with Gasteiger partial charge in [0, 0.05) is 24.5 Å². The van der Waals surface area contributed by atoms with Gasteiger partial charge in [0.05, 0.1) is 5.69 Å². The Morgan fingerprint density at radius 2 is 1.47 bits per heavy atom. The van der Waals surface area contributed by atoms with Crippen LogP contribution in [0.5, 0.6) is 0 Å². The lowest BCUT2D eigenvalue weighted by Gasteiger charge is -2.29. The van der Waals surface area contributed by atoms with Gasteiger partial charge in [0.1, 0.15) is 5.82 Å². The van der Waals surface area contributed by atoms with Crippen LogP contribution < -0.4 is 16.0 Å². The number of benzene rings is 3. The molecule has 32 heavy (non-hydrogen) atoms. The van der Waals surface area contributed by atoms with Gasteiger partial charge in [-0.2, -0.15) is 0 Å². The first-order chi connectivity index (χ1) is 15.5. The first-order valence-electron chi connectivity index (χ1n) is 10.1. The summed E-state index contributed by atoms with van der Waals surface area (Å²) >= 11 is 0. The number of rotatable bonds is 3. The molecule has 0 bridgehead atoms. The molecule has 0 spiro atoms. The molecule has 1 heterocycles. The highest BCUT2D eigenvalue weighted by Crippen LogP contribution is 2.27. The summed E-state index contributed by atoms with van der Waals surface area (Å²) < 4.78 is 13.8. The average molecular weight is 432 g/mol. The van der Waals surface area contributed by atoms with Crippen molar-refractivity contribution in [1.29, 1.82) is 0 Å². The molecule has 0 radical (unpaired) electrons. The monoisotopic (exact) mass is 432 g/mol. The number of urea groups is 1. The van der Waals surface area contributed by atoms with Crippen LogP contribution >= 0.6 is 0 Å². The predicted molar refractivity (Wildman–Crippen MR) is 120 cm³/mol. The molecule has 0 saturated carbocycles. The average Bonchev–Trinajstić information content (AvgIpc) is 2.80. The SMILES string of the molecule is O=C(Nc1ccccc1F)Nc1cccc2c1CCN(C(=O)C(=O)Nc1ccccc1)C2. The van der Waals surface area contributed by atoms with Gasteiger partial charge in [-0.15, -0.1) is 0 Å². The number of anilines is 3. The maximum atomic E-state index is 13.8. The second-order valence-electron chi connectivity index (χ2n) is 7.30. The number of hydrogen-bond donors (Lipinski definition) is 3. The van der Waals surface area contributed by atoms with Crippen molar-refractivity contribution >= 4 is 34.9 Å². The second kappa shape index (κ2) is 9.30. The molecule has 3 aromatic carbocycles. The topological polar surface area (TPSA) is 90.5 Å². The summed E-state index contributed by atoms with van der Waals surface area (Å²) in [6.45, 7) is 0.586. The van der Waals surface area contributed by atoms with Crippen LogP contribution in [0, 0.1) is 5.82 Å². The quantitative estimate of drug-likeness (QED) is 0.547. The Kier molecular flexibility index (Phi) is 6.12. The van der Waals surface area contributed by atoms with Gasteiger partial charge in [-0.05, 0) is 47.9 Å². The van der Waals surface area contributed by atoms with Crippen molar-refractivity contribution < 1.29 is 18.8 Å². The summed E-state index contributed by atoms with van der Waals surface area (Å²) in [6, 6.07) is 19.5. The Morgan fingerprint density at radius 1 is 0.781 bits per heavy atom. The Labute approximate surface area is 184 Å². The van der Waals surface area contributed by atoms with Crippen molar-refractivity contribution in [3.05, 3.63) is 89.7 Å². The highest BCUT2D eigenvalue weighted by atomic mass is 19.1. The standard InChI is InChI=1S/C24H21FN4O3/c25-19-10-4-5-11-21(19)28-24(32)27-20-12-6-7-16-15-29(14-13-18(16)20)23(31)22(30)26-17-8-2-1-3-9-17/h1-12H,13-15H2,(H,26,30)(H2,27,28,32). The summed E-state index contributed by atoms with van der Waals surface area (Å²) in [6.07, 6.45) is 0.468. The van der Waals surface area contributed by atoms with E-state index in [1.807, 2.05) is 12.1 Å². The van der Waals surface area contributed by atoms with E-state index in [9.17, 15) is 18.8 Å². The van der Waals surface area contributed by atoms with Gasteiger partial charge in [0.25, 0.3) is 0 Å². The predicted octanol–water partition coefficient (Wildman–Crippen LogP) is 3.99. The summed E-state index contributed by atoms with van der Waals surface area (Å²) in [5.74, 6) is -1.84. The van der Waals surface area contributed by atoms with Crippen LogP contribution in [0.25, 0.3) is 0 Å². The van der Waals surface area contributed by atoms with Gasteiger partial charge < -0.3 is 20.9 Å². The zero-order valence-corrected chi connectivity index (χ0v) is 17.1. The van der Waals surface area contributed by atoms with Gasteiger partial charge in [0.2, 0.25) is 0 Å². The largest absolute Gasteiger partial charge is 0.330 e. The maximum Gasteiger partial charge on any atom is 0.323 e. The normalized spacial score (nSPS) is 12.5. The third kappa shape index (κ3) is 4.75. The minimum absolute atomic E-state index is 0.0796. The third-order valence-electron chi connectivity index (χ3n) is 5.15. The Hall–Kier alpha value is -4.20. The highest BCUT2D eigenvalue weighted by Gasteiger charge is 2.27. The van der Waals surface area contributed by atoms with Gasteiger partial charge >= 0.3 is 17.8 Å². The molecular formula is C24H21FN4O3. The first kappa shape index (κ1) is 21.0. The molecule has 8 heteroatoms. The van der Waals surface area contributed by atoms with Crippen molar-refractivity contribution in [3.8, 4) is 0 Å². The van der Waals surface area contributed by atoms with E-state index in [2.05, 4.69) is 16.0 Å². The van der Waals surface area contributed by atoms with E-state index >= 15 is 0 Å². The number of nitrogens with one attached hydrogen (secondary N) is 3. The minimum atomic E-state index is -0.696. The summed E-state index contributed by atoms with van der Waals surface area (Å²) in [4.78, 5) is 38.8. The number of para-hydroxylation sites is 2. The Balaban J connectivity index is 1.42. The van der Waals surface area contributed by atoms with Crippen molar-refractivity contribution in [2.24, 2.45) is 0 Å². The van der Waals surface area contributed by atoms with Crippen molar-refractivity contribution in [3.63, 3.8) is 0 Å². The number of halogens is 1. The van der Waals surface area contributed by atoms with Crippen LogP contribution in [0.4, 0.5) is 26.2 Å². The Morgan fingerprint density at radius 3 is 2.25 bits per heavy atom. The fourth-order valence-electron chi connectivity index (χ4n) is 3.59. The van der Waals surface area contributed by atoms with Gasteiger partial charge in [-0.25, -0.2) is 9.18 Å². The van der Waals surface area contributed by atoms with Gasteiger partial charge in [-0.3, -0.25) is 9.59 Å². The Bertz CT molecular complexity index is 1170.